The first kappa shape index (κ1) is 22.2. The lowest BCUT2D eigenvalue weighted by Crippen LogP contribution is -2.06. The molecule has 0 unspecified atom stereocenters. The summed E-state index contributed by atoms with van der Waals surface area (Å²) in [5.41, 5.74) is 0.0992. The minimum atomic E-state index is -0.685. The van der Waals surface area contributed by atoms with Crippen LogP contribution in [0.4, 0.5) is 11.4 Å². The molecule has 2 rings (SSSR count). The quantitative estimate of drug-likeness (QED) is 0.175. The summed E-state index contributed by atoms with van der Waals surface area (Å²) < 4.78 is 21.4. The lowest BCUT2D eigenvalue weighted by atomic mass is 10.1. The van der Waals surface area contributed by atoms with Crippen LogP contribution in [0.1, 0.15) is 11.1 Å². The Kier molecular flexibility index (Phi) is 7.74. The highest BCUT2D eigenvalue weighted by Crippen LogP contribution is 2.39. The Labute approximate surface area is 172 Å². The average molecular weight is 416 g/mol. The van der Waals surface area contributed by atoms with Crippen LogP contribution in [0.25, 0.3) is 12.2 Å². The van der Waals surface area contributed by atoms with Crippen LogP contribution in [0.3, 0.4) is 0 Å². The van der Waals surface area contributed by atoms with Gasteiger partial charge in [-0.2, -0.15) is 0 Å². The van der Waals surface area contributed by atoms with Crippen LogP contribution >= 0.6 is 0 Å². The molecule has 2 aromatic rings. The Bertz CT molecular complexity index is 946. The van der Waals surface area contributed by atoms with Crippen molar-refractivity contribution < 1.29 is 28.8 Å². The van der Waals surface area contributed by atoms with Gasteiger partial charge in [-0.15, -0.1) is 0 Å². The van der Waals surface area contributed by atoms with Gasteiger partial charge in [0.15, 0.2) is 11.5 Å². The Morgan fingerprint density at radius 3 is 2.17 bits per heavy atom. The molecule has 158 valence electrons. The number of hydrogen-bond acceptors (Lipinski definition) is 8. The molecule has 10 heteroatoms. The van der Waals surface area contributed by atoms with Crippen LogP contribution in [-0.2, 0) is 4.74 Å². The predicted octanol–water partition coefficient (Wildman–Crippen LogP) is 4.23. The number of rotatable bonds is 11. The summed E-state index contributed by atoms with van der Waals surface area (Å²) in [7, 11) is 2.94. The second-order valence-corrected chi connectivity index (χ2v) is 5.73. The van der Waals surface area contributed by atoms with Crippen LogP contribution in [0, 0.1) is 20.2 Å². The van der Waals surface area contributed by atoms with Gasteiger partial charge < -0.3 is 18.9 Å². The molecule has 0 spiro atoms. The van der Waals surface area contributed by atoms with E-state index >= 15 is 0 Å². The summed E-state index contributed by atoms with van der Waals surface area (Å²) in [5, 5.41) is 22.1. The molecule has 0 radical (unpaired) electrons. The number of nitro groups is 2. The van der Waals surface area contributed by atoms with Crippen molar-refractivity contribution in [1.82, 2.24) is 0 Å². The van der Waals surface area contributed by atoms with Gasteiger partial charge in [0.2, 0.25) is 5.75 Å². The van der Waals surface area contributed by atoms with Crippen molar-refractivity contribution in [2.24, 2.45) is 0 Å². The predicted molar refractivity (Wildman–Crippen MR) is 110 cm³/mol. The van der Waals surface area contributed by atoms with E-state index in [1.807, 2.05) is 0 Å². The maximum Gasteiger partial charge on any atom is 0.283 e. The molecule has 0 heterocycles. The smallest absolute Gasteiger partial charge is 0.283 e. The topological polar surface area (TPSA) is 123 Å². The number of hydrogen-bond donors (Lipinski definition) is 0. The largest absolute Gasteiger partial charge is 0.498 e. The van der Waals surface area contributed by atoms with Crippen molar-refractivity contribution in [1.29, 1.82) is 0 Å². The minimum Gasteiger partial charge on any atom is -0.498 e. The second kappa shape index (κ2) is 10.5. The molecule has 10 nitrogen and oxygen atoms in total. The highest BCUT2D eigenvalue weighted by Gasteiger charge is 2.18. The van der Waals surface area contributed by atoms with E-state index in [1.54, 1.807) is 18.2 Å². The Balaban J connectivity index is 2.36. The van der Waals surface area contributed by atoms with Crippen LogP contribution in [0.2, 0.25) is 0 Å². The van der Waals surface area contributed by atoms with E-state index in [4.69, 9.17) is 18.9 Å². The summed E-state index contributed by atoms with van der Waals surface area (Å²) in [6.45, 7) is 3.98. The van der Waals surface area contributed by atoms with Crippen molar-refractivity contribution in [2.45, 2.75) is 0 Å². The lowest BCUT2D eigenvalue weighted by molar-refractivity contribution is -0.394. The van der Waals surface area contributed by atoms with E-state index in [0.717, 1.165) is 6.07 Å². The fraction of sp³-hybridized carbons (Fsp3) is 0.200. The van der Waals surface area contributed by atoms with E-state index in [1.165, 1.54) is 38.7 Å². The van der Waals surface area contributed by atoms with Gasteiger partial charge in [0, 0.05) is 6.07 Å². The molecule has 0 saturated heterocycles. The maximum atomic E-state index is 11.3. The summed E-state index contributed by atoms with van der Waals surface area (Å²) in [6, 6.07) is 6.78. The minimum absolute atomic E-state index is 0.213. The molecule has 2 aromatic carbocycles. The molecule has 0 N–H and O–H groups in total. The first-order valence-corrected chi connectivity index (χ1v) is 8.63. The standard InChI is InChI=1S/C20H20N2O8/c1-4-29-9-10-30-20-18(27-2)11-14(12-19(20)28-3)5-6-15-7-8-16(21(23)24)13-17(15)22(25)26/h4-8,11-13H,1,9-10H2,2-3H3. The van der Waals surface area contributed by atoms with Crippen molar-refractivity contribution in [3.8, 4) is 17.2 Å². The van der Waals surface area contributed by atoms with Gasteiger partial charge >= 0.3 is 0 Å². The Hall–Kier alpha value is -4.08. The van der Waals surface area contributed by atoms with Crippen molar-refractivity contribution in [3.63, 3.8) is 0 Å². The van der Waals surface area contributed by atoms with Crippen LogP contribution in [0.5, 0.6) is 17.2 Å². The SMILES string of the molecule is C=COCCOc1c(OC)cc(C=Cc2ccc([N+](=O)[O-])cc2[N+](=O)[O-])cc1OC. The molecular weight excluding hydrogens is 396 g/mol. The number of nitro benzene ring substituents is 2. The van der Waals surface area contributed by atoms with Gasteiger partial charge in [-0.3, -0.25) is 20.2 Å². The third-order valence-corrected chi connectivity index (χ3v) is 3.93. The zero-order valence-corrected chi connectivity index (χ0v) is 16.4. The summed E-state index contributed by atoms with van der Waals surface area (Å²) in [6.07, 6.45) is 4.39. The first-order chi connectivity index (χ1) is 14.4. The molecule has 0 amide bonds. The Morgan fingerprint density at radius 2 is 1.63 bits per heavy atom. The van der Waals surface area contributed by atoms with Gasteiger partial charge in [0.25, 0.3) is 11.4 Å². The maximum absolute atomic E-state index is 11.3. The lowest BCUT2D eigenvalue weighted by Gasteiger charge is -2.15. The fourth-order valence-corrected chi connectivity index (χ4v) is 2.54. The van der Waals surface area contributed by atoms with Gasteiger partial charge in [-0.1, -0.05) is 12.7 Å². The number of nitrogens with zero attached hydrogens (tertiary/aromatic N) is 2. The van der Waals surface area contributed by atoms with Gasteiger partial charge in [-0.05, 0) is 29.8 Å². The van der Waals surface area contributed by atoms with Crippen molar-refractivity contribution in [3.05, 3.63) is 74.5 Å². The monoisotopic (exact) mass is 416 g/mol. The molecule has 0 aliphatic carbocycles. The zero-order chi connectivity index (χ0) is 22.1. The van der Waals surface area contributed by atoms with Crippen LogP contribution in [-0.4, -0.2) is 37.3 Å². The zero-order valence-electron chi connectivity index (χ0n) is 16.4. The average Bonchev–Trinajstić information content (AvgIpc) is 2.74. The third kappa shape index (κ3) is 5.47. The molecule has 0 aliphatic rings. The van der Waals surface area contributed by atoms with Crippen LogP contribution < -0.4 is 14.2 Å². The summed E-state index contributed by atoms with van der Waals surface area (Å²) in [5.74, 6) is 1.17. The van der Waals surface area contributed by atoms with E-state index < -0.39 is 9.85 Å². The molecule has 0 aromatic heterocycles. The van der Waals surface area contributed by atoms with Crippen LogP contribution in [0.15, 0.2) is 43.2 Å². The molecular formula is C20H20N2O8. The number of non-ortho nitro benzene ring substituents is 1. The molecule has 30 heavy (non-hydrogen) atoms. The molecule has 0 saturated carbocycles. The summed E-state index contributed by atoms with van der Waals surface area (Å²) in [4.78, 5) is 20.8. The van der Waals surface area contributed by atoms with E-state index in [2.05, 4.69) is 6.58 Å². The molecule has 0 atom stereocenters. The van der Waals surface area contributed by atoms with Gasteiger partial charge in [0.05, 0.1) is 42.0 Å². The number of methoxy groups -OCH3 is 2. The highest BCUT2D eigenvalue weighted by molar-refractivity contribution is 5.76. The van der Waals surface area contributed by atoms with E-state index in [-0.39, 0.29) is 23.5 Å². The van der Waals surface area contributed by atoms with Crippen molar-refractivity contribution >= 4 is 23.5 Å². The molecule has 0 fully saturated rings. The number of benzene rings is 2. The first-order valence-electron chi connectivity index (χ1n) is 8.63. The normalized spacial score (nSPS) is 10.5. The summed E-state index contributed by atoms with van der Waals surface area (Å²) >= 11 is 0. The van der Waals surface area contributed by atoms with Gasteiger partial charge in [0.1, 0.15) is 13.2 Å². The fourth-order valence-electron chi connectivity index (χ4n) is 2.54. The number of ether oxygens (including phenoxy) is 4. The van der Waals surface area contributed by atoms with Gasteiger partial charge in [-0.25, -0.2) is 0 Å². The Morgan fingerprint density at radius 1 is 0.967 bits per heavy atom. The highest BCUT2D eigenvalue weighted by atomic mass is 16.6. The van der Waals surface area contributed by atoms with E-state index in [9.17, 15) is 20.2 Å². The molecule has 0 bridgehead atoms. The van der Waals surface area contributed by atoms with Crippen molar-refractivity contribution in [2.75, 3.05) is 27.4 Å². The van der Waals surface area contributed by atoms with E-state index in [0.29, 0.717) is 29.4 Å². The third-order valence-electron chi connectivity index (χ3n) is 3.93. The second-order valence-electron chi connectivity index (χ2n) is 5.73. The molecule has 0 aliphatic heterocycles.